The molecule has 6 heteroatoms. The van der Waals surface area contributed by atoms with Crippen LogP contribution in [0.2, 0.25) is 0 Å². The van der Waals surface area contributed by atoms with Gasteiger partial charge in [0.1, 0.15) is 0 Å². The Morgan fingerprint density at radius 3 is 2.45 bits per heavy atom. The predicted octanol–water partition coefficient (Wildman–Crippen LogP) is 3.40. The summed E-state index contributed by atoms with van der Waals surface area (Å²) in [7, 11) is -1.26. The molecule has 0 amide bonds. The van der Waals surface area contributed by atoms with E-state index >= 15 is 0 Å². The molecular weight excluding hydrogens is 320 g/mol. The third-order valence-electron chi connectivity index (χ3n) is 3.04. The molecule has 4 nitrogen and oxygen atoms in total. The van der Waals surface area contributed by atoms with Crippen LogP contribution in [0.5, 0.6) is 0 Å². The molecule has 0 radical (unpaired) electrons. The largest absolute Gasteiger partial charge is 0.465 e. The minimum Gasteiger partial charge on any atom is -0.465 e. The van der Waals surface area contributed by atoms with Gasteiger partial charge in [0.15, 0.2) is 0 Å². The standard InChI is InChI=1S/C16H16O4S2/c1-12-6-8-15(9-7-12)22(18,19)21-11-13-4-3-5-14(10-13)16(17)20-2/h3-10H,11H2,1-2H3. The van der Waals surface area contributed by atoms with Crippen LogP contribution in [-0.2, 0) is 19.4 Å². The molecule has 0 heterocycles. The molecule has 0 fully saturated rings. The molecule has 0 aliphatic rings. The van der Waals surface area contributed by atoms with Crippen molar-refractivity contribution in [3.8, 4) is 0 Å². The maximum absolute atomic E-state index is 12.3. The SMILES string of the molecule is COC(=O)c1cccc(CSS(=O)(=O)c2ccc(C)cc2)c1. The lowest BCUT2D eigenvalue weighted by atomic mass is 10.1. The highest BCUT2D eigenvalue weighted by Gasteiger charge is 2.15. The normalized spacial score (nSPS) is 11.2. The first kappa shape index (κ1) is 16.6. The molecular formula is C16H16O4S2. The van der Waals surface area contributed by atoms with Crippen LogP contribution in [0.1, 0.15) is 21.5 Å². The number of carbonyl (C=O) groups excluding carboxylic acids is 1. The highest BCUT2D eigenvalue weighted by atomic mass is 33.1. The molecule has 0 aromatic heterocycles. The minimum absolute atomic E-state index is 0.265. The Bertz CT molecular complexity index is 765. The second-order valence-corrected chi connectivity index (χ2v) is 8.65. The first-order chi connectivity index (χ1) is 10.4. The molecule has 0 bridgehead atoms. The molecule has 0 saturated carbocycles. The van der Waals surface area contributed by atoms with Crippen LogP contribution in [0.4, 0.5) is 0 Å². The van der Waals surface area contributed by atoms with Crippen molar-refractivity contribution >= 4 is 25.6 Å². The van der Waals surface area contributed by atoms with Crippen molar-refractivity contribution in [3.05, 3.63) is 65.2 Å². The van der Waals surface area contributed by atoms with Crippen molar-refractivity contribution in [2.45, 2.75) is 17.6 Å². The van der Waals surface area contributed by atoms with Gasteiger partial charge in [0, 0.05) is 5.75 Å². The van der Waals surface area contributed by atoms with Gasteiger partial charge in [0.2, 0.25) is 8.87 Å². The van der Waals surface area contributed by atoms with E-state index in [1.54, 1.807) is 48.5 Å². The van der Waals surface area contributed by atoms with Crippen LogP contribution >= 0.6 is 10.8 Å². The molecule has 22 heavy (non-hydrogen) atoms. The summed E-state index contributed by atoms with van der Waals surface area (Å²) in [6.07, 6.45) is 0. The maximum Gasteiger partial charge on any atom is 0.337 e. The number of hydrogen-bond donors (Lipinski definition) is 0. The molecule has 0 aliphatic carbocycles. The molecule has 116 valence electrons. The molecule has 0 spiro atoms. The Kier molecular flexibility index (Phi) is 5.26. The number of esters is 1. The lowest BCUT2D eigenvalue weighted by molar-refractivity contribution is 0.0600. The van der Waals surface area contributed by atoms with Gasteiger partial charge < -0.3 is 4.74 Å². The molecule has 0 unspecified atom stereocenters. The van der Waals surface area contributed by atoms with Gasteiger partial charge in [0.05, 0.1) is 17.6 Å². The Morgan fingerprint density at radius 1 is 1.14 bits per heavy atom. The number of benzene rings is 2. The fraction of sp³-hybridized carbons (Fsp3) is 0.188. The second kappa shape index (κ2) is 6.98. The van der Waals surface area contributed by atoms with E-state index in [1.807, 2.05) is 6.92 Å². The van der Waals surface area contributed by atoms with Crippen molar-refractivity contribution < 1.29 is 17.9 Å². The topological polar surface area (TPSA) is 60.4 Å². The predicted molar refractivity (Wildman–Crippen MR) is 87.4 cm³/mol. The molecule has 2 rings (SSSR count). The van der Waals surface area contributed by atoms with E-state index in [0.29, 0.717) is 5.56 Å². The highest BCUT2D eigenvalue weighted by Crippen LogP contribution is 2.27. The van der Waals surface area contributed by atoms with Crippen LogP contribution in [0.25, 0.3) is 0 Å². The van der Waals surface area contributed by atoms with Crippen LogP contribution in [-0.4, -0.2) is 21.5 Å². The van der Waals surface area contributed by atoms with Crippen LogP contribution in [0.15, 0.2) is 53.4 Å². The quantitative estimate of drug-likeness (QED) is 0.618. The zero-order chi connectivity index (χ0) is 16.2. The summed E-state index contributed by atoms with van der Waals surface area (Å²) in [4.78, 5) is 11.8. The van der Waals surface area contributed by atoms with E-state index in [9.17, 15) is 13.2 Å². The average molecular weight is 336 g/mol. The van der Waals surface area contributed by atoms with Crippen molar-refractivity contribution in [2.24, 2.45) is 0 Å². The van der Waals surface area contributed by atoms with Crippen LogP contribution in [0.3, 0.4) is 0 Å². The summed E-state index contributed by atoms with van der Waals surface area (Å²) in [6.45, 7) is 1.90. The van der Waals surface area contributed by atoms with E-state index in [4.69, 9.17) is 0 Å². The Balaban J connectivity index is 2.12. The van der Waals surface area contributed by atoms with Gasteiger partial charge >= 0.3 is 5.97 Å². The summed E-state index contributed by atoms with van der Waals surface area (Å²) >= 11 is 0. The zero-order valence-corrected chi connectivity index (χ0v) is 13.9. The van der Waals surface area contributed by atoms with Gasteiger partial charge in [0.25, 0.3) is 0 Å². The van der Waals surface area contributed by atoms with Gasteiger partial charge in [-0.05, 0) is 47.5 Å². The van der Waals surface area contributed by atoms with Crippen molar-refractivity contribution in [1.82, 2.24) is 0 Å². The van der Waals surface area contributed by atoms with E-state index in [1.165, 1.54) is 7.11 Å². The summed E-state index contributed by atoms with van der Waals surface area (Å²) in [6, 6.07) is 13.5. The number of aryl methyl sites for hydroxylation is 1. The van der Waals surface area contributed by atoms with Gasteiger partial charge in [-0.2, -0.15) is 0 Å². The molecule has 0 aliphatic heterocycles. The highest BCUT2D eigenvalue weighted by molar-refractivity contribution is 8.71. The van der Waals surface area contributed by atoms with Gasteiger partial charge in [-0.1, -0.05) is 29.8 Å². The number of hydrogen-bond acceptors (Lipinski definition) is 5. The Labute approximate surface area is 133 Å². The molecule has 0 saturated heterocycles. The lowest BCUT2D eigenvalue weighted by Gasteiger charge is -2.06. The number of methoxy groups -OCH3 is 1. The smallest absolute Gasteiger partial charge is 0.337 e. The van der Waals surface area contributed by atoms with E-state index in [2.05, 4.69) is 4.74 Å². The average Bonchev–Trinajstić information content (AvgIpc) is 2.53. The summed E-state index contributed by atoms with van der Waals surface area (Å²) in [5.41, 5.74) is 2.17. The third-order valence-corrected chi connectivity index (χ3v) is 6.51. The Hall–Kier alpha value is -1.79. The number of carbonyl (C=O) groups is 1. The minimum atomic E-state index is -3.41. The molecule has 0 N–H and O–H groups in total. The first-order valence-electron chi connectivity index (χ1n) is 6.56. The van der Waals surface area contributed by atoms with Crippen molar-refractivity contribution in [1.29, 1.82) is 0 Å². The van der Waals surface area contributed by atoms with Crippen LogP contribution < -0.4 is 0 Å². The number of ether oxygens (including phenoxy) is 1. The number of rotatable bonds is 5. The van der Waals surface area contributed by atoms with Gasteiger partial charge in [-0.15, -0.1) is 0 Å². The van der Waals surface area contributed by atoms with Crippen molar-refractivity contribution in [2.75, 3.05) is 7.11 Å². The van der Waals surface area contributed by atoms with Crippen molar-refractivity contribution in [3.63, 3.8) is 0 Å². The maximum atomic E-state index is 12.3. The summed E-state index contributed by atoms with van der Waals surface area (Å²) in [5, 5.41) is 0. The fourth-order valence-corrected chi connectivity index (χ4v) is 4.52. The summed E-state index contributed by atoms with van der Waals surface area (Å²) < 4.78 is 29.2. The van der Waals surface area contributed by atoms with Crippen LogP contribution in [0, 0.1) is 6.92 Å². The monoisotopic (exact) mass is 336 g/mol. The van der Waals surface area contributed by atoms with E-state index in [0.717, 1.165) is 21.9 Å². The third kappa shape index (κ3) is 4.11. The van der Waals surface area contributed by atoms with E-state index < -0.39 is 14.8 Å². The fourth-order valence-electron chi connectivity index (χ4n) is 1.82. The van der Waals surface area contributed by atoms with Gasteiger partial charge in [-0.25, -0.2) is 13.2 Å². The Morgan fingerprint density at radius 2 is 1.82 bits per heavy atom. The zero-order valence-electron chi connectivity index (χ0n) is 12.3. The molecule has 0 atom stereocenters. The second-order valence-electron chi connectivity index (χ2n) is 4.72. The first-order valence-corrected chi connectivity index (χ1v) is 9.54. The lowest BCUT2D eigenvalue weighted by Crippen LogP contribution is -2.02. The molecule has 2 aromatic rings. The summed E-state index contributed by atoms with van der Waals surface area (Å²) in [5.74, 6) is -0.172. The molecule has 2 aromatic carbocycles. The van der Waals surface area contributed by atoms with Gasteiger partial charge in [-0.3, -0.25) is 0 Å². The van der Waals surface area contributed by atoms with E-state index in [-0.39, 0.29) is 10.6 Å².